The molecule has 0 bridgehead atoms. The Morgan fingerprint density at radius 3 is 2.41 bits per heavy atom. The maximum absolute atomic E-state index is 12.2. The van der Waals surface area contributed by atoms with Gasteiger partial charge in [0.25, 0.3) is 0 Å². The van der Waals surface area contributed by atoms with Crippen LogP contribution in [0.15, 0.2) is 36.4 Å². The molecule has 0 unspecified atom stereocenters. The van der Waals surface area contributed by atoms with Gasteiger partial charge >= 0.3 is 0 Å². The number of hydrogen-bond acceptors (Lipinski definition) is 3. The normalized spacial score (nSPS) is 10.4. The molecule has 27 heavy (non-hydrogen) atoms. The van der Waals surface area contributed by atoms with E-state index in [2.05, 4.69) is 5.32 Å². The van der Waals surface area contributed by atoms with Crippen molar-refractivity contribution in [1.82, 2.24) is 5.32 Å². The van der Waals surface area contributed by atoms with Gasteiger partial charge < -0.3 is 15.0 Å². The molecule has 1 N–H and O–H groups in total. The van der Waals surface area contributed by atoms with Crippen LogP contribution in [0.2, 0.25) is 5.02 Å². The molecule has 0 saturated carbocycles. The van der Waals surface area contributed by atoms with Crippen molar-refractivity contribution in [3.63, 3.8) is 0 Å². The van der Waals surface area contributed by atoms with Crippen LogP contribution in [0, 0.1) is 13.8 Å². The Labute approximate surface area is 165 Å². The standard InChI is InChI=1S/C21H25ClN2O3/c1-14-5-7-17(8-6-14)13-23-21(26)9-10-24(16(3)25)19-11-15(2)18(22)12-20(19)27-4/h5-8,11-12H,9-10,13H2,1-4H3,(H,23,26). The Hall–Kier alpha value is -2.53. The van der Waals surface area contributed by atoms with E-state index < -0.39 is 0 Å². The second kappa shape index (κ2) is 9.42. The highest BCUT2D eigenvalue weighted by atomic mass is 35.5. The summed E-state index contributed by atoms with van der Waals surface area (Å²) in [6.45, 7) is 6.06. The number of anilines is 1. The molecule has 2 aromatic rings. The number of rotatable bonds is 7. The van der Waals surface area contributed by atoms with Crippen molar-refractivity contribution in [2.45, 2.75) is 33.7 Å². The number of ether oxygens (including phenoxy) is 1. The van der Waals surface area contributed by atoms with Crippen LogP contribution in [-0.4, -0.2) is 25.5 Å². The third-order valence-corrected chi connectivity index (χ3v) is 4.71. The molecule has 0 aliphatic heterocycles. The molecule has 0 heterocycles. The number of nitrogens with one attached hydrogen (secondary N) is 1. The zero-order valence-corrected chi connectivity index (χ0v) is 16.9. The van der Waals surface area contributed by atoms with E-state index in [1.165, 1.54) is 24.5 Å². The summed E-state index contributed by atoms with van der Waals surface area (Å²) in [6.07, 6.45) is 0.191. The van der Waals surface area contributed by atoms with Crippen molar-refractivity contribution >= 4 is 29.1 Å². The average molecular weight is 389 g/mol. The minimum atomic E-state index is -0.165. The highest BCUT2D eigenvalue weighted by molar-refractivity contribution is 6.31. The van der Waals surface area contributed by atoms with Crippen LogP contribution in [-0.2, 0) is 16.1 Å². The van der Waals surface area contributed by atoms with Gasteiger partial charge in [-0.1, -0.05) is 41.4 Å². The molecular weight excluding hydrogens is 364 g/mol. The molecule has 0 spiro atoms. The third kappa shape index (κ3) is 5.73. The quantitative estimate of drug-likeness (QED) is 0.779. The Morgan fingerprint density at radius 1 is 1.15 bits per heavy atom. The molecule has 0 aliphatic rings. The lowest BCUT2D eigenvalue weighted by Gasteiger charge is -2.24. The van der Waals surface area contributed by atoms with Crippen LogP contribution in [0.25, 0.3) is 0 Å². The van der Waals surface area contributed by atoms with Gasteiger partial charge in [-0.2, -0.15) is 0 Å². The van der Waals surface area contributed by atoms with Crippen molar-refractivity contribution < 1.29 is 14.3 Å². The fourth-order valence-electron chi connectivity index (χ4n) is 2.68. The summed E-state index contributed by atoms with van der Waals surface area (Å²) in [7, 11) is 1.52. The summed E-state index contributed by atoms with van der Waals surface area (Å²) in [6, 6.07) is 11.5. The second-order valence-electron chi connectivity index (χ2n) is 6.46. The maximum atomic E-state index is 12.2. The first-order chi connectivity index (χ1) is 12.8. The van der Waals surface area contributed by atoms with Gasteiger partial charge in [-0.25, -0.2) is 0 Å². The van der Waals surface area contributed by atoms with Gasteiger partial charge in [-0.15, -0.1) is 0 Å². The van der Waals surface area contributed by atoms with Crippen molar-refractivity contribution in [2.24, 2.45) is 0 Å². The summed E-state index contributed by atoms with van der Waals surface area (Å²) in [5.41, 5.74) is 3.66. The van der Waals surface area contributed by atoms with Crippen molar-refractivity contribution in [1.29, 1.82) is 0 Å². The van der Waals surface area contributed by atoms with E-state index in [1.807, 2.05) is 38.1 Å². The fraction of sp³-hybridized carbons (Fsp3) is 0.333. The van der Waals surface area contributed by atoms with E-state index in [-0.39, 0.29) is 24.8 Å². The second-order valence-corrected chi connectivity index (χ2v) is 6.86. The predicted octanol–water partition coefficient (Wildman–Crippen LogP) is 4.02. The number of methoxy groups -OCH3 is 1. The third-order valence-electron chi connectivity index (χ3n) is 4.30. The van der Waals surface area contributed by atoms with E-state index in [0.29, 0.717) is 23.0 Å². The van der Waals surface area contributed by atoms with Crippen molar-refractivity contribution in [3.8, 4) is 5.75 Å². The molecule has 5 nitrogen and oxygen atoms in total. The summed E-state index contributed by atoms with van der Waals surface area (Å²) in [5, 5.41) is 3.45. The number of carbonyl (C=O) groups excluding carboxylic acids is 2. The maximum Gasteiger partial charge on any atom is 0.223 e. The lowest BCUT2D eigenvalue weighted by Crippen LogP contribution is -2.34. The molecular formula is C21H25ClN2O3. The minimum Gasteiger partial charge on any atom is -0.495 e. The van der Waals surface area contributed by atoms with Crippen LogP contribution in [0.1, 0.15) is 30.0 Å². The fourth-order valence-corrected chi connectivity index (χ4v) is 2.83. The molecule has 0 fully saturated rings. The smallest absolute Gasteiger partial charge is 0.223 e. The summed E-state index contributed by atoms with van der Waals surface area (Å²) in [4.78, 5) is 25.9. The lowest BCUT2D eigenvalue weighted by molar-refractivity contribution is -0.121. The van der Waals surface area contributed by atoms with Gasteiger partial charge in [0.1, 0.15) is 5.75 Å². The van der Waals surface area contributed by atoms with Crippen LogP contribution < -0.4 is 15.0 Å². The number of aryl methyl sites for hydroxylation is 2. The van der Waals surface area contributed by atoms with Gasteiger partial charge in [0.15, 0.2) is 0 Å². The predicted molar refractivity (Wildman–Crippen MR) is 108 cm³/mol. The van der Waals surface area contributed by atoms with Gasteiger partial charge in [-0.05, 0) is 31.0 Å². The van der Waals surface area contributed by atoms with Gasteiger partial charge in [0, 0.05) is 37.5 Å². The molecule has 6 heteroatoms. The molecule has 144 valence electrons. The van der Waals surface area contributed by atoms with E-state index in [1.54, 1.807) is 12.1 Å². The molecule has 2 amide bonds. The van der Waals surface area contributed by atoms with Crippen LogP contribution in [0.3, 0.4) is 0 Å². The SMILES string of the molecule is COc1cc(Cl)c(C)cc1N(CCC(=O)NCc1ccc(C)cc1)C(C)=O. The van der Waals surface area contributed by atoms with E-state index in [0.717, 1.165) is 11.1 Å². The minimum absolute atomic E-state index is 0.119. The van der Waals surface area contributed by atoms with E-state index in [9.17, 15) is 9.59 Å². The molecule has 0 radical (unpaired) electrons. The highest BCUT2D eigenvalue weighted by Gasteiger charge is 2.19. The topological polar surface area (TPSA) is 58.6 Å². The van der Waals surface area contributed by atoms with Gasteiger partial charge in [0.2, 0.25) is 11.8 Å². The van der Waals surface area contributed by atoms with Crippen LogP contribution >= 0.6 is 11.6 Å². The first kappa shape index (κ1) is 20.8. The Morgan fingerprint density at radius 2 is 1.81 bits per heavy atom. The number of hydrogen-bond donors (Lipinski definition) is 1. The first-order valence-corrected chi connectivity index (χ1v) is 9.14. The first-order valence-electron chi connectivity index (χ1n) is 8.76. The van der Waals surface area contributed by atoms with Gasteiger partial charge in [-0.3, -0.25) is 9.59 Å². The molecule has 0 aromatic heterocycles. The molecule has 2 rings (SSSR count). The average Bonchev–Trinajstić information content (AvgIpc) is 2.63. The Kier molecular flexibility index (Phi) is 7.25. The van der Waals surface area contributed by atoms with Gasteiger partial charge in [0.05, 0.1) is 12.8 Å². The molecule has 0 saturated heterocycles. The summed E-state index contributed by atoms with van der Waals surface area (Å²) in [5.74, 6) is 0.216. The number of carbonyl (C=O) groups is 2. The Balaban J connectivity index is 2.02. The lowest BCUT2D eigenvalue weighted by atomic mass is 10.1. The number of amides is 2. The zero-order valence-electron chi connectivity index (χ0n) is 16.1. The molecule has 2 aromatic carbocycles. The summed E-state index contributed by atoms with van der Waals surface area (Å²) >= 11 is 6.14. The van der Waals surface area contributed by atoms with E-state index in [4.69, 9.17) is 16.3 Å². The van der Waals surface area contributed by atoms with Crippen LogP contribution in [0.4, 0.5) is 5.69 Å². The zero-order chi connectivity index (χ0) is 20.0. The molecule has 0 atom stereocenters. The Bertz CT molecular complexity index is 819. The largest absolute Gasteiger partial charge is 0.495 e. The van der Waals surface area contributed by atoms with Crippen LogP contribution in [0.5, 0.6) is 5.75 Å². The number of benzene rings is 2. The summed E-state index contributed by atoms with van der Waals surface area (Å²) < 4.78 is 5.36. The number of halogens is 1. The van der Waals surface area contributed by atoms with Crippen molar-refractivity contribution in [3.05, 3.63) is 58.1 Å². The number of nitrogens with zero attached hydrogens (tertiary/aromatic N) is 1. The van der Waals surface area contributed by atoms with E-state index >= 15 is 0 Å². The monoisotopic (exact) mass is 388 g/mol. The molecule has 0 aliphatic carbocycles. The van der Waals surface area contributed by atoms with Crippen molar-refractivity contribution in [2.75, 3.05) is 18.6 Å². The highest BCUT2D eigenvalue weighted by Crippen LogP contribution is 2.34.